The van der Waals surface area contributed by atoms with Gasteiger partial charge in [0, 0.05) is 31.0 Å². The molecule has 2 aromatic rings. The zero-order chi connectivity index (χ0) is 13.8. The Morgan fingerprint density at radius 1 is 1.32 bits per heavy atom. The van der Waals surface area contributed by atoms with Crippen LogP contribution in [0.4, 0.5) is 5.69 Å². The van der Waals surface area contributed by atoms with E-state index >= 15 is 0 Å². The van der Waals surface area contributed by atoms with Gasteiger partial charge in [0.15, 0.2) is 0 Å². The Kier molecular flexibility index (Phi) is 4.22. The van der Waals surface area contributed by atoms with Gasteiger partial charge in [-0.2, -0.15) is 5.10 Å². The zero-order valence-corrected chi connectivity index (χ0v) is 12.1. The number of anilines is 1. The molecule has 2 rings (SSSR count). The molecule has 1 atom stereocenters. The highest BCUT2D eigenvalue weighted by Crippen LogP contribution is 2.22. The molecule has 0 fully saturated rings. The second kappa shape index (κ2) is 5.89. The van der Waals surface area contributed by atoms with E-state index in [1.807, 2.05) is 24.1 Å². The summed E-state index contributed by atoms with van der Waals surface area (Å²) < 4.78 is 1.83. The highest BCUT2D eigenvalue weighted by Gasteiger charge is 2.10. The zero-order valence-electron chi connectivity index (χ0n) is 12.1. The van der Waals surface area contributed by atoms with Gasteiger partial charge in [0.05, 0.1) is 12.2 Å². The van der Waals surface area contributed by atoms with Crippen LogP contribution in [0.1, 0.15) is 24.1 Å². The van der Waals surface area contributed by atoms with Crippen LogP contribution >= 0.6 is 0 Å². The fourth-order valence-electron chi connectivity index (χ4n) is 2.12. The number of nitrogens with one attached hydrogen (secondary N) is 1. The highest BCUT2D eigenvalue weighted by molar-refractivity contribution is 5.52. The minimum absolute atomic E-state index is 0.247. The molecule has 4 nitrogen and oxygen atoms in total. The van der Waals surface area contributed by atoms with Crippen LogP contribution in [-0.2, 0) is 13.6 Å². The molecule has 102 valence electrons. The van der Waals surface area contributed by atoms with Crippen LogP contribution in [-0.4, -0.2) is 28.8 Å². The maximum Gasteiger partial charge on any atom is 0.0542 e. The van der Waals surface area contributed by atoms with E-state index in [9.17, 15) is 0 Å². The second-order valence-electron chi connectivity index (χ2n) is 5.21. The van der Waals surface area contributed by atoms with Crippen LogP contribution < -0.4 is 5.32 Å². The van der Waals surface area contributed by atoms with E-state index in [2.05, 4.69) is 60.6 Å². The van der Waals surface area contributed by atoms with Gasteiger partial charge in [-0.3, -0.25) is 4.68 Å². The minimum atomic E-state index is 0.247. The summed E-state index contributed by atoms with van der Waals surface area (Å²) in [6, 6.07) is 8.69. The van der Waals surface area contributed by atoms with Crippen LogP contribution in [0.3, 0.4) is 0 Å². The van der Waals surface area contributed by atoms with Crippen molar-refractivity contribution in [2.45, 2.75) is 19.5 Å². The number of aryl methyl sites for hydroxylation is 1. The number of aromatic nitrogens is 2. The molecule has 0 bridgehead atoms. The largest absolute Gasteiger partial charge is 0.378 e. The Bertz CT molecular complexity index is 530. The van der Waals surface area contributed by atoms with Crippen LogP contribution in [0.25, 0.3) is 0 Å². The van der Waals surface area contributed by atoms with Gasteiger partial charge in [0.25, 0.3) is 0 Å². The summed E-state index contributed by atoms with van der Waals surface area (Å²) in [6.45, 7) is 3.09. The first kappa shape index (κ1) is 13.6. The molecule has 1 N–H and O–H groups in total. The lowest BCUT2D eigenvalue weighted by atomic mass is 10.1. The fraction of sp³-hybridized carbons (Fsp3) is 0.400. The van der Waals surface area contributed by atoms with Gasteiger partial charge in [-0.25, -0.2) is 0 Å². The lowest BCUT2D eigenvalue weighted by Gasteiger charge is -2.19. The van der Waals surface area contributed by atoms with Crippen LogP contribution in [0, 0.1) is 0 Å². The van der Waals surface area contributed by atoms with E-state index in [1.165, 1.54) is 16.8 Å². The van der Waals surface area contributed by atoms with Crippen LogP contribution in [0.5, 0.6) is 0 Å². The Morgan fingerprint density at radius 3 is 2.68 bits per heavy atom. The molecule has 0 saturated heterocycles. The summed E-state index contributed by atoms with van der Waals surface area (Å²) in [7, 11) is 6.11. The first-order valence-corrected chi connectivity index (χ1v) is 6.54. The van der Waals surface area contributed by atoms with E-state index in [4.69, 9.17) is 0 Å². The SMILES string of the molecule is CC(Nc1ccccc1CN(C)C)c1cnn(C)c1. The number of hydrogen-bond donors (Lipinski definition) is 1. The Labute approximate surface area is 115 Å². The molecule has 1 unspecified atom stereocenters. The van der Waals surface area contributed by atoms with Crippen molar-refractivity contribution in [3.05, 3.63) is 47.8 Å². The Balaban J connectivity index is 2.14. The Morgan fingerprint density at radius 2 is 2.05 bits per heavy atom. The summed E-state index contributed by atoms with van der Waals surface area (Å²) in [4.78, 5) is 2.18. The molecule has 1 aromatic carbocycles. The van der Waals surface area contributed by atoms with Crippen molar-refractivity contribution in [1.29, 1.82) is 0 Å². The lowest BCUT2D eigenvalue weighted by molar-refractivity contribution is 0.403. The van der Waals surface area contributed by atoms with E-state index in [1.54, 1.807) is 0 Å². The molecular formula is C15H22N4. The quantitative estimate of drug-likeness (QED) is 0.895. The van der Waals surface area contributed by atoms with Crippen molar-refractivity contribution in [2.75, 3.05) is 19.4 Å². The van der Waals surface area contributed by atoms with Gasteiger partial charge in [-0.1, -0.05) is 18.2 Å². The molecule has 0 spiro atoms. The van der Waals surface area contributed by atoms with Gasteiger partial charge in [-0.05, 0) is 32.6 Å². The third kappa shape index (κ3) is 3.58. The van der Waals surface area contributed by atoms with Gasteiger partial charge >= 0.3 is 0 Å². The van der Waals surface area contributed by atoms with E-state index in [0.29, 0.717) is 0 Å². The molecule has 0 radical (unpaired) electrons. The number of para-hydroxylation sites is 1. The molecule has 0 aliphatic heterocycles. The first-order valence-electron chi connectivity index (χ1n) is 6.54. The lowest BCUT2D eigenvalue weighted by Crippen LogP contribution is -2.14. The third-order valence-corrected chi connectivity index (χ3v) is 3.10. The molecule has 0 amide bonds. The number of benzene rings is 1. The minimum Gasteiger partial charge on any atom is -0.378 e. The van der Waals surface area contributed by atoms with Crippen molar-refractivity contribution < 1.29 is 0 Å². The van der Waals surface area contributed by atoms with E-state index in [-0.39, 0.29) is 6.04 Å². The molecule has 1 aromatic heterocycles. The second-order valence-corrected chi connectivity index (χ2v) is 5.21. The Hall–Kier alpha value is -1.81. The molecule has 0 saturated carbocycles. The van der Waals surface area contributed by atoms with Crippen molar-refractivity contribution >= 4 is 5.69 Å². The summed E-state index contributed by atoms with van der Waals surface area (Å²) in [5, 5.41) is 7.78. The normalized spacial score (nSPS) is 12.7. The third-order valence-electron chi connectivity index (χ3n) is 3.10. The maximum absolute atomic E-state index is 4.22. The van der Waals surface area contributed by atoms with Gasteiger partial charge < -0.3 is 10.2 Å². The van der Waals surface area contributed by atoms with Gasteiger partial charge in [-0.15, -0.1) is 0 Å². The molecule has 1 heterocycles. The van der Waals surface area contributed by atoms with Crippen LogP contribution in [0.2, 0.25) is 0 Å². The van der Waals surface area contributed by atoms with Crippen molar-refractivity contribution in [2.24, 2.45) is 7.05 Å². The highest BCUT2D eigenvalue weighted by atomic mass is 15.2. The van der Waals surface area contributed by atoms with Crippen LogP contribution in [0.15, 0.2) is 36.7 Å². The van der Waals surface area contributed by atoms with E-state index in [0.717, 1.165) is 6.54 Å². The van der Waals surface area contributed by atoms with Crippen molar-refractivity contribution in [3.63, 3.8) is 0 Å². The van der Waals surface area contributed by atoms with Crippen molar-refractivity contribution in [1.82, 2.24) is 14.7 Å². The maximum atomic E-state index is 4.22. The number of nitrogens with zero attached hydrogens (tertiary/aromatic N) is 3. The number of hydrogen-bond acceptors (Lipinski definition) is 3. The molecule has 19 heavy (non-hydrogen) atoms. The predicted octanol–water partition coefficient (Wildman–Crippen LogP) is 2.65. The molecule has 0 aliphatic rings. The fourth-order valence-corrected chi connectivity index (χ4v) is 2.12. The monoisotopic (exact) mass is 258 g/mol. The predicted molar refractivity (Wildman–Crippen MR) is 79.1 cm³/mol. The first-order chi connectivity index (χ1) is 9.06. The number of rotatable bonds is 5. The van der Waals surface area contributed by atoms with E-state index < -0.39 is 0 Å². The smallest absolute Gasteiger partial charge is 0.0542 e. The van der Waals surface area contributed by atoms with Crippen molar-refractivity contribution in [3.8, 4) is 0 Å². The average molecular weight is 258 g/mol. The molecular weight excluding hydrogens is 236 g/mol. The average Bonchev–Trinajstić information content (AvgIpc) is 2.78. The van der Waals surface area contributed by atoms with Gasteiger partial charge in [0.1, 0.15) is 0 Å². The summed E-state index contributed by atoms with van der Waals surface area (Å²) in [5.74, 6) is 0. The summed E-state index contributed by atoms with van der Waals surface area (Å²) in [6.07, 6.45) is 3.96. The molecule has 4 heteroatoms. The van der Waals surface area contributed by atoms with Gasteiger partial charge in [0.2, 0.25) is 0 Å². The summed E-state index contributed by atoms with van der Waals surface area (Å²) >= 11 is 0. The standard InChI is InChI=1S/C15H22N4/c1-12(14-9-16-19(4)11-14)17-15-8-6-5-7-13(15)10-18(2)3/h5-9,11-12,17H,10H2,1-4H3. The topological polar surface area (TPSA) is 33.1 Å². The summed E-state index contributed by atoms with van der Waals surface area (Å²) in [5.41, 5.74) is 3.69. The molecule has 0 aliphatic carbocycles.